The molecule has 0 spiro atoms. The maximum absolute atomic E-state index is 12.5. The summed E-state index contributed by atoms with van der Waals surface area (Å²) >= 11 is 1.13. The van der Waals surface area contributed by atoms with Gasteiger partial charge in [-0.3, -0.25) is 9.59 Å². The molecular formula is C23H28N2O6S. The third kappa shape index (κ3) is 5.79. The number of hydrogen-bond acceptors (Lipinski definition) is 7. The van der Waals surface area contributed by atoms with E-state index in [-0.39, 0.29) is 24.5 Å². The van der Waals surface area contributed by atoms with Crippen molar-refractivity contribution in [3.63, 3.8) is 0 Å². The molecule has 172 valence electrons. The lowest BCUT2D eigenvalue weighted by Crippen LogP contribution is -2.43. The van der Waals surface area contributed by atoms with Crippen LogP contribution in [0.15, 0.2) is 30.3 Å². The van der Waals surface area contributed by atoms with E-state index in [1.807, 2.05) is 45.0 Å². The minimum atomic E-state index is -0.600. The van der Waals surface area contributed by atoms with Gasteiger partial charge in [-0.1, -0.05) is 32.9 Å². The van der Waals surface area contributed by atoms with E-state index >= 15 is 0 Å². The minimum Gasteiger partial charge on any atom is -0.486 e. The number of nitrogens with zero attached hydrogens (tertiary/aromatic N) is 1. The van der Waals surface area contributed by atoms with Crippen molar-refractivity contribution >= 4 is 34.1 Å². The Labute approximate surface area is 191 Å². The highest BCUT2D eigenvalue weighted by Crippen LogP contribution is 2.31. The zero-order chi connectivity index (χ0) is 23.5. The quantitative estimate of drug-likeness (QED) is 0.663. The third-order valence-electron chi connectivity index (χ3n) is 4.82. The molecule has 2 aromatic rings. The number of anilines is 1. The lowest BCUT2D eigenvalue weighted by Gasteiger charge is -2.29. The molecule has 0 aliphatic carbocycles. The molecule has 1 aliphatic rings. The van der Waals surface area contributed by atoms with Crippen LogP contribution in [0.25, 0.3) is 0 Å². The number of nitrogens with one attached hydrogen (secondary N) is 1. The number of para-hydroxylation sites is 2. The van der Waals surface area contributed by atoms with Crippen molar-refractivity contribution in [2.75, 3.05) is 32.1 Å². The first-order chi connectivity index (χ1) is 15.0. The van der Waals surface area contributed by atoms with Crippen molar-refractivity contribution in [2.45, 2.75) is 33.8 Å². The van der Waals surface area contributed by atoms with E-state index in [4.69, 9.17) is 14.2 Å². The van der Waals surface area contributed by atoms with E-state index in [1.165, 1.54) is 4.90 Å². The molecule has 1 aliphatic heterocycles. The number of esters is 1. The average Bonchev–Trinajstić information content (AvgIpc) is 3.11. The number of rotatable bonds is 6. The molecule has 0 radical (unpaired) electrons. The van der Waals surface area contributed by atoms with Crippen LogP contribution in [0.2, 0.25) is 0 Å². The van der Waals surface area contributed by atoms with Crippen LogP contribution in [-0.4, -0.2) is 55.6 Å². The van der Waals surface area contributed by atoms with Gasteiger partial charge in [0, 0.05) is 12.5 Å². The maximum atomic E-state index is 12.5. The summed E-state index contributed by atoms with van der Waals surface area (Å²) in [4.78, 5) is 38.9. The minimum absolute atomic E-state index is 0.146. The number of likely N-dealkylation sites (N-methyl/N-ethyl adjacent to an activating group) is 1. The number of amides is 2. The highest BCUT2D eigenvalue weighted by atomic mass is 32.1. The molecule has 0 fully saturated rings. The SMILES string of the molecule is Cc1cc(NC(=O)C(C)(C)C)sc1C(=O)OCC(=O)N(C)C[C@H]1COc2ccccc2O1. The van der Waals surface area contributed by atoms with Gasteiger partial charge in [-0.25, -0.2) is 4.79 Å². The van der Waals surface area contributed by atoms with Gasteiger partial charge in [-0.05, 0) is 30.7 Å². The Morgan fingerprint density at radius 1 is 1.22 bits per heavy atom. The van der Waals surface area contributed by atoms with E-state index < -0.39 is 11.4 Å². The predicted octanol–water partition coefficient (Wildman–Crippen LogP) is 3.50. The van der Waals surface area contributed by atoms with Crippen LogP contribution in [0.3, 0.4) is 0 Å². The van der Waals surface area contributed by atoms with Crippen molar-refractivity contribution in [2.24, 2.45) is 5.41 Å². The number of fused-ring (bicyclic) bond motifs is 1. The monoisotopic (exact) mass is 460 g/mol. The van der Waals surface area contributed by atoms with Crippen molar-refractivity contribution < 1.29 is 28.6 Å². The van der Waals surface area contributed by atoms with Gasteiger partial charge in [0.2, 0.25) is 5.91 Å². The first-order valence-corrected chi connectivity index (χ1v) is 11.1. The second-order valence-corrected chi connectivity index (χ2v) is 9.73. The molecule has 0 bridgehead atoms. The number of thiophene rings is 1. The molecule has 8 nitrogen and oxygen atoms in total. The Hall–Kier alpha value is -3.07. The topological polar surface area (TPSA) is 94.2 Å². The van der Waals surface area contributed by atoms with Crippen molar-refractivity contribution in [1.82, 2.24) is 4.90 Å². The summed E-state index contributed by atoms with van der Waals surface area (Å²) < 4.78 is 16.7. The first kappa shape index (κ1) is 23.6. The van der Waals surface area contributed by atoms with E-state index in [0.717, 1.165) is 11.3 Å². The lowest BCUT2D eigenvalue weighted by molar-refractivity contribution is -0.134. The van der Waals surface area contributed by atoms with Crippen molar-refractivity contribution in [3.05, 3.63) is 40.8 Å². The van der Waals surface area contributed by atoms with Gasteiger partial charge in [-0.2, -0.15) is 0 Å². The van der Waals surface area contributed by atoms with Gasteiger partial charge in [0.05, 0.1) is 11.5 Å². The number of ether oxygens (including phenoxy) is 3. The summed E-state index contributed by atoms with van der Waals surface area (Å²) in [6, 6.07) is 9.07. The van der Waals surface area contributed by atoms with E-state index in [1.54, 1.807) is 20.0 Å². The first-order valence-electron chi connectivity index (χ1n) is 10.3. The van der Waals surface area contributed by atoms with Gasteiger partial charge in [-0.15, -0.1) is 11.3 Å². The summed E-state index contributed by atoms with van der Waals surface area (Å²) in [5.74, 6) is 0.217. The van der Waals surface area contributed by atoms with E-state index in [9.17, 15) is 14.4 Å². The zero-order valence-corrected chi connectivity index (χ0v) is 19.7. The van der Waals surface area contributed by atoms with Gasteiger partial charge in [0.25, 0.3) is 5.91 Å². The van der Waals surface area contributed by atoms with Gasteiger partial charge < -0.3 is 24.4 Å². The Balaban J connectivity index is 1.50. The second kappa shape index (κ2) is 9.60. The number of carbonyl (C=O) groups excluding carboxylic acids is 3. The van der Waals surface area contributed by atoms with Gasteiger partial charge in [0.1, 0.15) is 11.5 Å². The molecule has 2 amide bonds. The summed E-state index contributed by atoms with van der Waals surface area (Å²) in [6.07, 6.45) is -0.317. The number of aryl methyl sites for hydroxylation is 1. The standard InChI is InChI=1S/C23H28N2O6S/c1-14-10-18(24-22(28)23(2,3)4)32-20(14)21(27)30-13-19(26)25(5)11-15-12-29-16-8-6-7-9-17(16)31-15/h6-10,15H,11-13H2,1-5H3,(H,24,28)/t15-/m0/s1. The Morgan fingerprint density at radius 3 is 2.59 bits per heavy atom. The van der Waals surface area contributed by atoms with Crippen LogP contribution in [0.5, 0.6) is 11.5 Å². The molecule has 1 aromatic carbocycles. The summed E-state index contributed by atoms with van der Waals surface area (Å²) in [5, 5.41) is 3.37. The third-order valence-corrected chi connectivity index (χ3v) is 5.95. The van der Waals surface area contributed by atoms with Crippen LogP contribution in [0.4, 0.5) is 5.00 Å². The molecule has 2 heterocycles. The predicted molar refractivity (Wildman–Crippen MR) is 121 cm³/mol. The van der Waals surface area contributed by atoms with Crippen molar-refractivity contribution in [3.8, 4) is 11.5 Å². The number of hydrogen-bond donors (Lipinski definition) is 1. The van der Waals surface area contributed by atoms with Crippen LogP contribution in [0.1, 0.15) is 36.0 Å². The Bertz CT molecular complexity index is 1010. The number of carbonyl (C=O) groups is 3. The highest BCUT2D eigenvalue weighted by Gasteiger charge is 2.26. The van der Waals surface area contributed by atoms with Crippen molar-refractivity contribution in [1.29, 1.82) is 0 Å². The molecule has 1 atom stereocenters. The molecule has 9 heteroatoms. The highest BCUT2D eigenvalue weighted by molar-refractivity contribution is 7.18. The Morgan fingerprint density at radius 2 is 1.91 bits per heavy atom. The van der Waals surface area contributed by atoms with Crippen LogP contribution >= 0.6 is 11.3 Å². The second-order valence-electron chi connectivity index (χ2n) is 8.67. The van der Waals surface area contributed by atoms with Crippen LogP contribution in [-0.2, 0) is 14.3 Å². The average molecular weight is 461 g/mol. The summed E-state index contributed by atoms with van der Waals surface area (Å²) in [6.45, 7) is 7.42. The zero-order valence-electron chi connectivity index (χ0n) is 18.9. The van der Waals surface area contributed by atoms with E-state index in [2.05, 4.69) is 5.32 Å². The largest absolute Gasteiger partial charge is 0.486 e. The fourth-order valence-electron chi connectivity index (χ4n) is 2.91. The van der Waals surface area contributed by atoms with Crippen LogP contribution < -0.4 is 14.8 Å². The molecule has 0 saturated heterocycles. The normalized spacial score (nSPS) is 15.1. The molecule has 1 aromatic heterocycles. The number of benzene rings is 1. The fraction of sp³-hybridized carbons (Fsp3) is 0.435. The van der Waals surface area contributed by atoms with E-state index in [0.29, 0.717) is 40.1 Å². The fourth-order valence-corrected chi connectivity index (χ4v) is 3.87. The molecule has 32 heavy (non-hydrogen) atoms. The van der Waals surface area contributed by atoms with Crippen LogP contribution in [0, 0.1) is 12.3 Å². The van der Waals surface area contributed by atoms with Gasteiger partial charge in [0.15, 0.2) is 24.2 Å². The molecular weight excluding hydrogens is 432 g/mol. The molecule has 0 saturated carbocycles. The molecule has 1 N–H and O–H groups in total. The molecule has 3 rings (SSSR count). The summed E-state index contributed by atoms with van der Waals surface area (Å²) in [5.41, 5.74) is 0.126. The summed E-state index contributed by atoms with van der Waals surface area (Å²) in [7, 11) is 1.62. The van der Waals surface area contributed by atoms with Gasteiger partial charge >= 0.3 is 5.97 Å². The maximum Gasteiger partial charge on any atom is 0.349 e. The smallest absolute Gasteiger partial charge is 0.349 e. The lowest BCUT2D eigenvalue weighted by atomic mass is 9.96. The Kier molecular flexibility index (Phi) is 7.08. The molecule has 0 unspecified atom stereocenters.